The van der Waals surface area contributed by atoms with Crippen LogP contribution in [0.2, 0.25) is 0 Å². The molecular weight excluding hydrogens is 450 g/mol. The standard InChI is InChI=1S/C26H31N3O4S/c1-5-29-25(30)23(17-19-7-6-8-22(31-4)24(19)33-18(2)3)34-26(29)27-20-9-11-21(12-10-20)28-13-15-32-16-14-28/h6-12,17-18H,5,13-16H2,1-4H3/b23-17-,27-26?. The fourth-order valence-electron chi connectivity index (χ4n) is 3.85. The summed E-state index contributed by atoms with van der Waals surface area (Å²) in [6, 6.07) is 13.8. The smallest absolute Gasteiger partial charge is 0.266 e. The minimum absolute atomic E-state index is 0.0231. The van der Waals surface area contributed by atoms with Gasteiger partial charge in [0.25, 0.3) is 5.91 Å². The number of ether oxygens (including phenoxy) is 3. The zero-order valence-corrected chi connectivity index (χ0v) is 20.9. The summed E-state index contributed by atoms with van der Waals surface area (Å²) < 4.78 is 16.9. The van der Waals surface area contributed by atoms with Crippen LogP contribution < -0.4 is 14.4 Å². The maximum absolute atomic E-state index is 13.2. The van der Waals surface area contributed by atoms with Gasteiger partial charge in [-0.2, -0.15) is 0 Å². The molecule has 1 amide bonds. The number of hydrogen-bond donors (Lipinski definition) is 0. The van der Waals surface area contributed by atoms with Crippen molar-refractivity contribution in [2.45, 2.75) is 26.9 Å². The number of benzene rings is 2. The van der Waals surface area contributed by atoms with Gasteiger partial charge in [0.2, 0.25) is 0 Å². The molecule has 0 unspecified atom stereocenters. The molecule has 2 aliphatic rings. The largest absolute Gasteiger partial charge is 0.493 e. The zero-order chi connectivity index (χ0) is 24.1. The molecule has 0 bridgehead atoms. The van der Waals surface area contributed by atoms with Crippen molar-refractivity contribution in [1.82, 2.24) is 4.90 Å². The summed E-state index contributed by atoms with van der Waals surface area (Å²) in [5.41, 5.74) is 2.78. The lowest BCUT2D eigenvalue weighted by atomic mass is 10.1. The number of methoxy groups -OCH3 is 1. The Hall–Kier alpha value is -2.97. The van der Waals surface area contributed by atoms with Gasteiger partial charge in [0.1, 0.15) is 0 Å². The van der Waals surface area contributed by atoms with Crippen LogP contribution in [0.5, 0.6) is 11.5 Å². The van der Waals surface area contributed by atoms with Gasteiger partial charge in [-0.1, -0.05) is 12.1 Å². The van der Waals surface area contributed by atoms with Crippen LogP contribution in [0, 0.1) is 0 Å². The number of hydrogen-bond acceptors (Lipinski definition) is 7. The number of aliphatic imine (C=N–C) groups is 1. The number of thioether (sulfide) groups is 1. The summed E-state index contributed by atoms with van der Waals surface area (Å²) in [7, 11) is 1.61. The van der Waals surface area contributed by atoms with Crippen molar-refractivity contribution in [3.05, 3.63) is 52.9 Å². The lowest BCUT2D eigenvalue weighted by molar-refractivity contribution is -0.122. The van der Waals surface area contributed by atoms with Crippen LogP contribution in [0.3, 0.4) is 0 Å². The second kappa shape index (κ2) is 11.0. The number of likely N-dealkylation sites (N-methyl/N-ethyl adjacent to an activating group) is 1. The van der Waals surface area contributed by atoms with E-state index in [2.05, 4.69) is 17.0 Å². The van der Waals surface area contributed by atoms with Gasteiger partial charge in [-0.25, -0.2) is 4.99 Å². The Balaban J connectivity index is 1.60. The van der Waals surface area contributed by atoms with Crippen molar-refractivity contribution in [3.8, 4) is 11.5 Å². The van der Waals surface area contributed by atoms with E-state index in [9.17, 15) is 4.79 Å². The third-order valence-corrected chi connectivity index (χ3v) is 6.53. The molecule has 0 radical (unpaired) electrons. The van der Waals surface area contributed by atoms with Crippen molar-refractivity contribution >= 4 is 40.3 Å². The van der Waals surface area contributed by atoms with Gasteiger partial charge >= 0.3 is 0 Å². The summed E-state index contributed by atoms with van der Waals surface area (Å²) in [4.78, 5) is 22.6. The van der Waals surface area contributed by atoms with E-state index in [-0.39, 0.29) is 12.0 Å². The quantitative estimate of drug-likeness (QED) is 0.522. The van der Waals surface area contributed by atoms with Gasteiger partial charge in [0.05, 0.1) is 37.0 Å². The third-order valence-electron chi connectivity index (χ3n) is 5.52. The van der Waals surface area contributed by atoms with E-state index in [1.54, 1.807) is 12.0 Å². The summed E-state index contributed by atoms with van der Waals surface area (Å²) >= 11 is 1.38. The van der Waals surface area contributed by atoms with Crippen LogP contribution in [0.1, 0.15) is 26.3 Å². The molecule has 2 fully saturated rings. The molecule has 0 atom stereocenters. The van der Waals surface area contributed by atoms with E-state index in [1.165, 1.54) is 11.8 Å². The fourth-order valence-corrected chi connectivity index (χ4v) is 4.90. The highest BCUT2D eigenvalue weighted by atomic mass is 32.2. The molecule has 0 spiro atoms. The van der Waals surface area contributed by atoms with Crippen molar-refractivity contribution in [1.29, 1.82) is 0 Å². The Morgan fingerprint density at radius 3 is 2.53 bits per heavy atom. The first-order chi connectivity index (χ1) is 16.5. The molecule has 0 saturated carbocycles. The average Bonchev–Trinajstić information content (AvgIpc) is 3.14. The predicted molar refractivity (Wildman–Crippen MR) is 138 cm³/mol. The lowest BCUT2D eigenvalue weighted by Crippen LogP contribution is -2.36. The highest BCUT2D eigenvalue weighted by Crippen LogP contribution is 2.38. The number of carbonyl (C=O) groups is 1. The van der Waals surface area contributed by atoms with E-state index in [1.807, 2.05) is 57.2 Å². The molecule has 2 aromatic rings. The van der Waals surface area contributed by atoms with Crippen LogP contribution in [0.4, 0.5) is 11.4 Å². The summed E-state index contributed by atoms with van der Waals surface area (Å²) in [5, 5.41) is 0.673. The van der Waals surface area contributed by atoms with E-state index in [4.69, 9.17) is 19.2 Å². The second-order valence-electron chi connectivity index (χ2n) is 8.22. The van der Waals surface area contributed by atoms with E-state index < -0.39 is 0 Å². The van der Waals surface area contributed by atoms with E-state index in [0.717, 1.165) is 43.2 Å². The first kappa shape index (κ1) is 24.2. The molecule has 2 heterocycles. The Bertz CT molecular complexity index is 1080. The first-order valence-electron chi connectivity index (χ1n) is 11.6. The maximum atomic E-state index is 13.2. The highest BCUT2D eigenvalue weighted by molar-refractivity contribution is 8.18. The minimum Gasteiger partial charge on any atom is -0.493 e. The summed E-state index contributed by atoms with van der Waals surface area (Å²) in [6.45, 7) is 9.71. The number of anilines is 1. The van der Waals surface area contributed by atoms with Gasteiger partial charge in [-0.15, -0.1) is 0 Å². The van der Waals surface area contributed by atoms with Crippen molar-refractivity contribution < 1.29 is 19.0 Å². The maximum Gasteiger partial charge on any atom is 0.266 e. The molecule has 7 nitrogen and oxygen atoms in total. The Morgan fingerprint density at radius 1 is 1.15 bits per heavy atom. The molecular formula is C26H31N3O4S. The number of amidine groups is 1. The molecule has 2 saturated heterocycles. The van der Waals surface area contributed by atoms with E-state index in [0.29, 0.717) is 28.1 Å². The SMILES string of the molecule is CCN1C(=O)/C(=C/c2cccc(OC)c2OC(C)C)SC1=Nc1ccc(N2CCOCC2)cc1. The Morgan fingerprint density at radius 2 is 1.88 bits per heavy atom. The number of morpholine rings is 1. The van der Waals surface area contributed by atoms with Crippen molar-refractivity contribution in [3.63, 3.8) is 0 Å². The molecule has 0 N–H and O–H groups in total. The zero-order valence-electron chi connectivity index (χ0n) is 20.1. The Kier molecular flexibility index (Phi) is 7.80. The monoisotopic (exact) mass is 481 g/mol. The number of rotatable bonds is 7. The van der Waals surface area contributed by atoms with Gasteiger partial charge in [0.15, 0.2) is 16.7 Å². The third kappa shape index (κ3) is 5.39. The normalized spacial score (nSPS) is 18.9. The second-order valence-corrected chi connectivity index (χ2v) is 9.22. The van der Waals surface area contributed by atoms with Crippen LogP contribution in [0.25, 0.3) is 6.08 Å². The van der Waals surface area contributed by atoms with Gasteiger partial charge in [0, 0.05) is 30.9 Å². The average molecular weight is 482 g/mol. The number of amides is 1. The van der Waals surface area contributed by atoms with Crippen LogP contribution in [0.15, 0.2) is 52.4 Å². The molecule has 4 rings (SSSR count). The predicted octanol–water partition coefficient (Wildman–Crippen LogP) is 4.94. The van der Waals surface area contributed by atoms with Crippen molar-refractivity contribution in [2.24, 2.45) is 4.99 Å². The first-order valence-corrected chi connectivity index (χ1v) is 12.4. The van der Waals surface area contributed by atoms with Crippen molar-refractivity contribution in [2.75, 3.05) is 44.9 Å². The molecule has 0 aromatic heterocycles. The van der Waals surface area contributed by atoms with E-state index >= 15 is 0 Å². The number of para-hydroxylation sites is 1. The molecule has 8 heteroatoms. The number of nitrogens with zero attached hydrogens (tertiary/aromatic N) is 3. The fraction of sp³-hybridized carbons (Fsp3) is 0.385. The molecule has 180 valence electrons. The summed E-state index contributed by atoms with van der Waals surface area (Å²) in [6.07, 6.45) is 1.84. The van der Waals surface area contributed by atoms with Crippen LogP contribution in [-0.4, -0.2) is 62.0 Å². The highest BCUT2D eigenvalue weighted by Gasteiger charge is 2.32. The van der Waals surface area contributed by atoms with Crippen LogP contribution in [-0.2, 0) is 9.53 Å². The molecule has 0 aliphatic carbocycles. The Labute approximate surface area is 205 Å². The molecule has 2 aromatic carbocycles. The van der Waals surface area contributed by atoms with Crippen LogP contribution >= 0.6 is 11.8 Å². The molecule has 2 aliphatic heterocycles. The van der Waals surface area contributed by atoms with Gasteiger partial charge in [-0.3, -0.25) is 9.69 Å². The number of carbonyl (C=O) groups excluding carboxylic acids is 1. The van der Waals surface area contributed by atoms with Gasteiger partial charge in [-0.05, 0) is 68.9 Å². The summed E-state index contributed by atoms with van der Waals surface area (Å²) in [5.74, 6) is 1.21. The lowest BCUT2D eigenvalue weighted by Gasteiger charge is -2.28. The van der Waals surface area contributed by atoms with Gasteiger partial charge < -0.3 is 19.1 Å². The topological polar surface area (TPSA) is 63.6 Å². The minimum atomic E-state index is -0.0606. The molecule has 34 heavy (non-hydrogen) atoms.